The van der Waals surface area contributed by atoms with Crippen LogP contribution in [-0.4, -0.2) is 71.5 Å². The van der Waals surface area contributed by atoms with E-state index in [9.17, 15) is 0 Å². The Morgan fingerprint density at radius 1 is 0.634 bits per heavy atom. The van der Waals surface area contributed by atoms with Crippen molar-refractivity contribution in [1.82, 2.24) is 29.1 Å². The van der Waals surface area contributed by atoms with E-state index in [1.54, 1.807) is 24.9 Å². The van der Waals surface area contributed by atoms with Crippen LogP contribution in [0.25, 0.3) is 33.7 Å². The molecule has 0 fully saturated rings. The highest BCUT2D eigenvalue weighted by Crippen LogP contribution is 2.29. The average molecular weight is 571 g/mol. The molecule has 0 aliphatic carbocycles. The van der Waals surface area contributed by atoms with Gasteiger partial charge in [0.1, 0.15) is 28.3 Å². The number of methoxy groups -OCH3 is 2. The predicted octanol–water partition coefficient (Wildman–Crippen LogP) is 5.64. The monoisotopic (exact) mass is 570 g/mol. The van der Waals surface area contributed by atoms with Gasteiger partial charge in [0.25, 0.3) is 0 Å². The Bertz CT molecular complexity index is 1800. The topological polar surface area (TPSA) is 86.4 Å². The first-order chi connectivity index (χ1) is 19.8. The number of ether oxygens (including phenoxy) is 2. The summed E-state index contributed by atoms with van der Waals surface area (Å²) in [6, 6.07) is 19.1. The molecule has 4 aromatic heterocycles. The Kier molecular flexibility index (Phi) is 7.93. The fraction of sp³-hybridized carbons (Fsp3) is 0.200. The SMILES string of the molecule is COc1ccc2nc(-n3cccc3)nc(N(C)C)c2c1.COc1ccc2nc(-n3cccc3Cl)nc(N(C)C)c2c1. The molecule has 41 heavy (non-hydrogen) atoms. The lowest BCUT2D eigenvalue weighted by Crippen LogP contribution is -2.14. The van der Waals surface area contributed by atoms with Crippen molar-refractivity contribution in [1.29, 1.82) is 0 Å². The van der Waals surface area contributed by atoms with Gasteiger partial charge in [-0.25, -0.2) is 9.97 Å². The lowest BCUT2D eigenvalue weighted by Gasteiger charge is -2.16. The highest BCUT2D eigenvalue weighted by molar-refractivity contribution is 6.29. The smallest absolute Gasteiger partial charge is 0.237 e. The van der Waals surface area contributed by atoms with Crippen LogP contribution in [0.1, 0.15) is 0 Å². The molecule has 11 heteroatoms. The third kappa shape index (κ3) is 5.73. The molecular weight excluding hydrogens is 540 g/mol. The minimum Gasteiger partial charge on any atom is -0.497 e. The van der Waals surface area contributed by atoms with Crippen molar-refractivity contribution in [2.24, 2.45) is 0 Å². The van der Waals surface area contributed by atoms with Crippen molar-refractivity contribution in [3.63, 3.8) is 0 Å². The second-order valence-corrected chi connectivity index (χ2v) is 9.93. The van der Waals surface area contributed by atoms with E-state index >= 15 is 0 Å². The lowest BCUT2D eigenvalue weighted by molar-refractivity contribution is 0.415. The van der Waals surface area contributed by atoms with Crippen LogP contribution in [0.15, 0.2) is 79.3 Å². The van der Waals surface area contributed by atoms with Crippen molar-refractivity contribution in [2.75, 3.05) is 52.2 Å². The summed E-state index contributed by atoms with van der Waals surface area (Å²) in [5.41, 5.74) is 1.74. The molecular formula is C30H31ClN8O2. The van der Waals surface area contributed by atoms with Gasteiger partial charge in [-0.2, -0.15) is 9.97 Å². The predicted molar refractivity (Wildman–Crippen MR) is 164 cm³/mol. The standard InChI is InChI=1S/C15H15ClN4O.C15H16N4O/c1-19(2)14-11-9-10(21-3)6-7-12(11)17-15(18-14)20-8-4-5-13(20)16;1-18(2)14-12-10-11(20-3)6-7-13(12)16-15(17-14)19-8-4-5-9-19/h4-9H,1-3H3;4-10H,1-3H3. The van der Waals surface area contributed by atoms with Crippen LogP contribution in [0.2, 0.25) is 5.15 Å². The van der Waals surface area contributed by atoms with Gasteiger partial charge in [-0.1, -0.05) is 11.6 Å². The van der Waals surface area contributed by atoms with Crippen LogP contribution < -0.4 is 19.3 Å². The summed E-state index contributed by atoms with van der Waals surface area (Å²) in [6.07, 6.45) is 5.71. The first-order valence-corrected chi connectivity index (χ1v) is 13.2. The summed E-state index contributed by atoms with van der Waals surface area (Å²) in [4.78, 5) is 22.4. The number of hydrogen-bond acceptors (Lipinski definition) is 8. The van der Waals surface area contributed by atoms with Crippen LogP contribution in [0.4, 0.5) is 11.6 Å². The van der Waals surface area contributed by atoms with Gasteiger partial charge in [-0.15, -0.1) is 0 Å². The van der Waals surface area contributed by atoms with Crippen LogP contribution in [-0.2, 0) is 0 Å². The largest absolute Gasteiger partial charge is 0.497 e. The first kappa shape index (κ1) is 27.7. The van der Waals surface area contributed by atoms with E-state index < -0.39 is 0 Å². The maximum Gasteiger partial charge on any atom is 0.237 e. The molecule has 2 aromatic carbocycles. The highest BCUT2D eigenvalue weighted by atomic mass is 35.5. The van der Waals surface area contributed by atoms with E-state index in [4.69, 9.17) is 21.1 Å². The molecule has 0 saturated carbocycles. The Morgan fingerprint density at radius 2 is 1.15 bits per heavy atom. The minimum atomic E-state index is 0.548. The molecule has 10 nitrogen and oxygen atoms in total. The van der Waals surface area contributed by atoms with Gasteiger partial charge < -0.3 is 19.3 Å². The van der Waals surface area contributed by atoms with E-state index in [1.165, 1.54) is 0 Å². The number of rotatable bonds is 6. The zero-order valence-corrected chi connectivity index (χ0v) is 24.5. The molecule has 0 unspecified atom stereocenters. The van der Waals surface area contributed by atoms with Gasteiger partial charge in [-0.05, 0) is 60.7 Å². The van der Waals surface area contributed by atoms with Crippen LogP contribution in [0.5, 0.6) is 11.5 Å². The van der Waals surface area contributed by atoms with Crippen molar-refractivity contribution in [3.05, 3.63) is 84.4 Å². The van der Waals surface area contributed by atoms with E-state index in [1.807, 2.05) is 116 Å². The summed E-state index contributed by atoms with van der Waals surface area (Å²) in [7, 11) is 11.1. The molecule has 0 aliphatic heterocycles. The first-order valence-electron chi connectivity index (χ1n) is 12.8. The maximum absolute atomic E-state index is 6.15. The molecule has 210 valence electrons. The maximum atomic E-state index is 6.15. The molecule has 0 saturated heterocycles. The molecule has 0 radical (unpaired) electrons. The summed E-state index contributed by atoms with van der Waals surface area (Å²) >= 11 is 6.15. The molecule has 0 amide bonds. The third-order valence-electron chi connectivity index (χ3n) is 6.34. The quantitative estimate of drug-likeness (QED) is 0.254. The molecule has 6 aromatic rings. The summed E-state index contributed by atoms with van der Waals surface area (Å²) in [5.74, 6) is 4.48. The Morgan fingerprint density at radius 3 is 1.61 bits per heavy atom. The van der Waals surface area contributed by atoms with Crippen molar-refractivity contribution >= 4 is 45.0 Å². The highest BCUT2D eigenvalue weighted by Gasteiger charge is 2.14. The van der Waals surface area contributed by atoms with E-state index in [-0.39, 0.29) is 0 Å². The van der Waals surface area contributed by atoms with Gasteiger partial charge in [0, 0.05) is 57.6 Å². The number of nitrogens with zero attached hydrogens (tertiary/aromatic N) is 8. The number of aromatic nitrogens is 6. The molecule has 4 heterocycles. The van der Waals surface area contributed by atoms with E-state index in [0.717, 1.165) is 44.9 Å². The molecule has 0 bridgehead atoms. The fourth-order valence-electron chi connectivity index (χ4n) is 4.31. The number of benzene rings is 2. The summed E-state index contributed by atoms with van der Waals surface area (Å²) in [6.45, 7) is 0. The third-order valence-corrected chi connectivity index (χ3v) is 6.65. The number of anilines is 2. The van der Waals surface area contributed by atoms with Crippen LogP contribution in [0, 0.1) is 0 Å². The van der Waals surface area contributed by atoms with Crippen molar-refractivity contribution in [2.45, 2.75) is 0 Å². The van der Waals surface area contributed by atoms with Gasteiger partial charge in [-0.3, -0.25) is 9.13 Å². The molecule has 0 atom stereocenters. The second kappa shape index (κ2) is 11.7. The Balaban J connectivity index is 0.000000165. The van der Waals surface area contributed by atoms with Crippen LogP contribution in [0.3, 0.4) is 0 Å². The lowest BCUT2D eigenvalue weighted by atomic mass is 10.2. The van der Waals surface area contributed by atoms with Crippen molar-refractivity contribution in [3.8, 4) is 23.4 Å². The summed E-state index contributed by atoms with van der Waals surface area (Å²) < 4.78 is 14.2. The van der Waals surface area contributed by atoms with Gasteiger partial charge >= 0.3 is 0 Å². The van der Waals surface area contributed by atoms with E-state index in [0.29, 0.717) is 17.0 Å². The molecule has 0 aliphatic rings. The van der Waals surface area contributed by atoms with Gasteiger partial charge in [0.05, 0.1) is 25.3 Å². The Hall–Kier alpha value is -4.83. The summed E-state index contributed by atoms with van der Waals surface area (Å²) in [5, 5.41) is 2.49. The molecule has 6 rings (SSSR count). The Labute approximate surface area is 243 Å². The zero-order chi connectivity index (χ0) is 29.1. The van der Waals surface area contributed by atoms with Crippen molar-refractivity contribution < 1.29 is 9.47 Å². The number of halogens is 1. The fourth-order valence-corrected chi connectivity index (χ4v) is 4.51. The minimum absolute atomic E-state index is 0.548. The normalized spacial score (nSPS) is 10.8. The van der Waals surface area contributed by atoms with Gasteiger partial charge in [0.15, 0.2) is 0 Å². The number of hydrogen-bond donors (Lipinski definition) is 0. The second-order valence-electron chi connectivity index (χ2n) is 9.54. The van der Waals surface area contributed by atoms with Gasteiger partial charge in [0.2, 0.25) is 11.9 Å². The zero-order valence-electron chi connectivity index (χ0n) is 23.8. The van der Waals surface area contributed by atoms with Crippen LogP contribution >= 0.6 is 11.6 Å². The molecule has 0 spiro atoms. The molecule has 0 N–H and O–H groups in total. The van der Waals surface area contributed by atoms with E-state index in [2.05, 4.69) is 19.9 Å². The average Bonchev–Trinajstić information content (AvgIpc) is 3.68. The number of fused-ring (bicyclic) bond motifs is 2.